The zero-order chi connectivity index (χ0) is 18.9. The average Bonchev–Trinajstić information content (AvgIpc) is 3.36. The Bertz CT molecular complexity index is 721. The largest absolute Gasteiger partial charge is 0.444 e. The van der Waals surface area contributed by atoms with Gasteiger partial charge in [0.1, 0.15) is 6.26 Å². The van der Waals surface area contributed by atoms with E-state index in [0.717, 1.165) is 30.7 Å². The standard InChI is InChI=1S/C20H28N4O3/c1-15-5-7-16(8-6-15)19-24-17(13-27-19)12-23-20(21-2)22-9-11-25-14-18-4-3-10-26-18/h5-8,13,18H,3-4,9-12,14H2,1-2H3,(H2,21,22,23). The third-order valence-corrected chi connectivity index (χ3v) is 4.38. The Balaban J connectivity index is 1.37. The minimum atomic E-state index is 0.261. The molecule has 0 bridgehead atoms. The molecule has 7 nitrogen and oxygen atoms in total. The Hall–Kier alpha value is -2.38. The van der Waals surface area contributed by atoms with Crippen molar-refractivity contribution in [2.75, 3.05) is 33.4 Å². The highest BCUT2D eigenvalue weighted by atomic mass is 16.5. The molecule has 0 saturated carbocycles. The van der Waals surface area contributed by atoms with E-state index >= 15 is 0 Å². The number of oxazole rings is 1. The number of aromatic nitrogens is 1. The Kier molecular flexibility index (Phi) is 7.24. The summed E-state index contributed by atoms with van der Waals surface area (Å²) in [7, 11) is 1.74. The highest BCUT2D eigenvalue weighted by Gasteiger charge is 2.15. The Labute approximate surface area is 160 Å². The van der Waals surface area contributed by atoms with Gasteiger partial charge >= 0.3 is 0 Å². The summed E-state index contributed by atoms with van der Waals surface area (Å²) in [5, 5.41) is 6.45. The number of aliphatic imine (C=N–C) groups is 1. The van der Waals surface area contributed by atoms with Gasteiger partial charge in [-0.05, 0) is 31.9 Å². The molecule has 1 fully saturated rings. The second-order valence-electron chi connectivity index (χ2n) is 6.57. The monoisotopic (exact) mass is 372 g/mol. The molecule has 27 heavy (non-hydrogen) atoms. The number of hydrogen-bond acceptors (Lipinski definition) is 5. The molecule has 1 unspecified atom stereocenters. The van der Waals surface area contributed by atoms with Gasteiger partial charge in [0.15, 0.2) is 5.96 Å². The minimum Gasteiger partial charge on any atom is -0.444 e. The van der Waals surface area contributed by atoms with Crippen LogP contribution in [0, 0.1) is 6.92 Å². The quantitative estimate of drug-likeness (QED) is 0.421. The van der Waals surface area contributed by atoms with Crippen molar-refractivity contribution in [2.45, 2.75) is 32.4 Å². The predicted molar refractivity (Wildman–Crippen MR) is 105 cm³/mol. The fraction of sp³-hybridized carbons (Fsp3) is 0.500. The number of hydrogen-bond donors (Lipinski definition) is 2. The number of ether oxygens (including phenoxy) is 2. The molecule has 2 N–H and O–H groups in total. The van der Waals surface area contributed by atoms with Crippen LogP contribution in [0.2, 0.25) is 0 Å². The lowest BCUT2D eigenvalue weighted by molar-refractivity contribution is 0.0191. The molecule has 1 aliphatic heterocycles. The summed E-state index contributed by atoms with van der Waals surface area (Å²) < 4.78 is 16.7. The first-order chi connectivity index (χ1) is 13.2. The van der Waals surface area contributed by atoms with E-state index < -0.39 is 0 Å². The van der Waals surface area contributed by atoms with Gasteiger partial charge in [0, 0.05) is 25.8 Å². The molecule has 1 aromatic heterocycles. The molecule has 1 aliphatic rings. The summed E-state index contributed by atoms with van der Waals surface area (Å²) >= 11 is 0. The number of nitrogens with one attached hydrogen (secondary N) is 2. The molecule has 1 aromatic carbocycles. The number of rotatable bonds is 8. The highest BCUT2D eigenvalue weighted by molar-refractivity contribution is 5.79. The van der Waals surface area contributed by atoms with Crippen molar-refractivity contribution >= 4 is 5.96 Å². The lowest BCUT2D eigenvalue weighted by Gasteiger charge is -2.12. The van der Waals surface area contributed by atoms with Crippen LogP contribution >= 0.6 is 0 Å². The maximum absolute atomic E-state index is 5.64. The molecule has 3 rings (SSSR count). The van der Waals surface area contributed by atoms with Gasteiger partial charge in [-0.2, -0.15) is 0 Å². The summed E-state index contributed by atoms with van der Waals surface area (Å²) in [5.41, 5.74) is 3.00. The van der Waals surface area contributed by atoms with Gasteiger partial charge in [0.05, 0.1) is 31.6 Å². The Morgan fingerprint density at radius 1 is 1.30 bits per heavy atom. The van der Waals surface area contributed by atoms with Gasteiger partial charge < -0.3 is 24.5 Å². The second kappa shape index (κ2) is 10.1. The van der Waals surface area contributed by atoms with E-state index in [4.69, 9.17) is 13.9 Å². The molecule has 0 aliphatic carbocycles. The van der Waals surface area contributed by atoms with E-state index in [1.807, 2.05) is 24.3 Å². The van der Waals surface area contributed by atoms with Crippen LogP contribution in [-0.4, -0.2) is 50.5 Å². The van der Waals surface area contributed by atoms with Crippen LogP contribution in [0.5, 0.6) is 0 Å². The zero-order valence-corrected chi connectivity index (χ0v) is 16.0. The SMILES string of the molecule is CN=C(NCCOCC1CCCO1)NCc1coc(-c2ccc(C)cc2)n1. The fourth-order valence-corrected chi connectivity index (χ4v) is 2.84. The van der Waals surface area contributed by atoms with Crippen LogP contribution in [0.25, 0.3) is 11.5 Å². The zero-order valence-electron chi connectivity index (χ0n) is 16.0. The summed E-state index contributed by atoms with van der Waals surface area (Å²) in [5.74, 6) is 1.33. The van der Waals surface area contributed by atoms with E-state index in [9.17, 15) is 0 Å². The molecular weight excluding hydrogens is 344 g/mol. The van der Waals surface area contributed by atoms with Gasteiger partial charge in [0.25, 0.3) is 0 Å². The maximum Gasteiger partial charge on any atom is 0.226 e. The van der Waals surface area contributed by atoms with Crippen molar-refractivity contribution in [3.05, 3.63) is 41.8 Å². The van der Waals surface area contributed by atoms with E-state index in [-0.39, 0.29) is 6.10 Å². The van der Waals surface area contributed by atoms with Crippen LogP contribution < -0.4 is 10.6 Å². The molecule has 146 valence electrons. The molecule has 0 radical (unpaired) electrons. The smallest absolute Gasteiger partial charge is 0.226 e. The van der Waals surface area contributed by atoms with Gasteiger partial charge in [-0.25, -0.2) is 4.98 Å². The predicted octanol–water partition coefficient (Wildman–Crippen LogP) is 2.51. The number of guanidine groups is 1. The highest BCUT2D eigenvalue weighted by Crippen LogP contribution is 2.19. The molecule has 1 atom stereocenters. The van der Waals surface area contributed by atoms with Crippen molar-refractivity contribution in [3.8, 4) is 11.5 Å². The first kappa shape index (κ1) is 19.4. The molecule has 0 spiro atoms. The Morgan fingerprint density at radius 3 is 2.89 bits per heavy atom. The summed E-state index contributed by atoms with van der Waals surface area (Å²) in [6, 6.07) is 8.11. The summed E-state index contributed by atoms with van der Waals surface area (Å²) in [4.78, 5) is 8.73. The van der Waals surface area contributed by atoms with Crippen LogP contribution in [0.15, 0.2) is 39.9 Å². The average molecular weight is 372 g/mol. The molecule has 1 saturated heterocycles. The molecule has 0 amide bonds. The van der Waals surface area contributed by atoms with Crippen LogP contribution in [0.1, 0.15) is 24.1 Å². The van der Waals surface area contributed by atoms with Crippen LogP contribution in [0.3, 0.4) is 0 Å². The maximum atomic E-state index is 5.64. The van der Waals surface area contributed by atoms with Crippen molar-refractivity contribution < 1.29 is 13.9 Å². The first-order valence-corrected chi connectivity index (χ1v) is 9.40. The van der Waals surface area contributed by atoms with Crippen molar-refractivity contribution in [2.24, 2.45) is 4.99 Å². The van der Waals surface area contributed by atoms with Crippen molar-refractivity contribution in [3.63, 3.8) is 0 Å². The molecule has 7 heteroatoms. The number of benzene rings is 1. The normalized spacial score (nSPS) is 17.3. The lowest BCUT2D eigenvalue weighted by atomic mass is 10.1. The third-order valence-electron chi connectivity index (χ3n) is 4.38. The van der Waals surface area contributed by atoms with E-state index in [1.54, 1.807) is 13.3 Å². The van der Waals surface area contributed by atoms with Crippen molar-refractivity contribution in [1.29, 1.82) is 0 Å². The second-order valence-corrected chi connectivity index (χ2v) is 6.57. The topological polar surface area (TPSA) is 80.9 Å². The molecule has 2 aromatic rings. The first-order valence-electron chi connectivity index (χ1n) is 9.40. The molecular formula is C20H28N4O3. The van der Waals surface area contributed by atoms with E-state index in [0.29, 0.717) is 38.2 Å². The van der Waals surface area contributed by atoms with Crippen LogP contribution in [-0.2, 0) is 16.0 Å². The van der Waals surface area contributed by atoms with E-state index in [2.05, 4.69) is 27.5 Å². The summed E-state index contributed by atoms with van der Waals surface area (Å²) in [6.45, 7) is 5.40. The number of nitrogens with zero attached hydrogens (tertiary/aromatic N) is 2. The molecule has 2 heterocycles. The van der Waals surface area contributed by atoms with Gasteiger partial charge in [-0.1, -0.05) is 17.7 Å². The van der Waals surface area contributed by atoms with Crippen molar-refractivity contribution in [1.82, 2.24) is 15.6 Å². The minimum absolute atomic E-state index is 0.261. The van der Waals surface area contributed by atoms with Gasteiger partial charge in [0.2, 0.25) is 5.89 Å². The lowest BCUT2D eigenvalue weighted by Crippen LogP contribution is -2.38. The van der Waals surface area contributed by atoms with Crippen LogP contribution in [0.4, 0.5) is 0 Å². The van der Waals surface area contributed by atoms with Gasteiger partial charge in [-0.3, -0.25) is 4.99 Å². The summed E-state index contributed by atoms with van der Waals surface area (Å²) in [6.07, 6.45) is 4.16. The fourth-order valence-electron chi connectivity index (χ4n) is 2.84. The Morgan fingerprint density at radius 2 is 2.15 bits per heavy atom. The van der Waals surface area contributed by atoms with E-state index in [1.165, 1.54) is 5.56 Å². The number of aryl methyl sites for hydroxylation is 1. The van der Waals surface area contributed by atoms with Gasteiger partial charge in [-0.15, -0.1) is 0 Å². The third kappa shape index (κ3) is 6.08.